The highest BCUT2D eigenvalue weighted by Crippen LogP contribution is 2.50. The average Bonchev–Trinajstić information content (AvgIpc) is 3.74. The minimum atomic E-state index is -0.629. The SMILES string of the molecule is C=CC(=O)N1CCN(c2cc(-c3noc([C@@]4(C)CCCc5sc(N)c(C#N)c54)n3)nc(OC3CC4(CCN(C)C4)C3)n2)CC1. The summed E-state index contributed by atoms with van der Waals surface area (Å²) in [5.41, 5.74) is 7.85. The maximum absolute atomic E-state index is 12.2. The number of anilines is 2. The van der Waals surface area contributed by atoms with E-state index in [4.69, 9.17) is 29.9 Å². The van der Waals surface area contributed by atoms with Gasteiger partial charge in [-0.15, -0.1) is 11.3 Å². The lowest BCUT2D eigenvalue weighted by molar-refractivity contribution is -0.126. The zero-order valence-corrected chi connectivity index (χ0v) is 26.0. The number of thiophene rings is 1. The van der Waals surface area contributed by atoms with Gasteiger partial charge in [0.15, 0.2) is 0 Å². The Labute approximate surface area is 260 Å². The molecule has 5 heterocycles. The Kier molecular flexibility index (Phi) is 7.09. The third-order valence-electron chi connectivity index (χ3n) is 9.88. The summed E-state index contributed by atoms with van der Waals surface area (Å²) in [5.74, 6) is 1.40. The second kappa shape index (κ2) is 10.9. The summed E-state index contributed by atoms with van der Waals surface area (Å²) >= 11 is 1.47. The van der Waals surface area contributed by atoms with Crippen LogP contribution in [0.5, 0.6) is 6.01 Å². The van der Waals surface area contributed by atoms with Crippen LogP contribution >= 0.6 is 11.3 Å². The molecule has 2 aliphatic carbocycles. The van der Waals surface area contributed by atoms with Crippen LogP contribution < -0.4 is 15.4 Å². The highest BCUT2D eigenvalue weighted by atomic mass is 32.1. The number of fused-ring (bicyclic) bond motifs is 1. The van der Waals surface area contributed by atoms with E-state index in [2.05, 4.69) is 34.7 Å². The molecule has 0 unspecified atom stereocenters. The molecule has 44 heavy (non-hydrogen) atoms. The average molecular weight is 616 g/mol. The number of carbonyl (C=O) groups is 1. The van der Waals surface area contributed by atoms with Gasteiger partial charge in [0.05, 0.1) is 11.0 Å². The van der Waals surface area contributed by atoms with E-state index < -0.39 is 5.41 Å². The molecule has 2 aliphatic heterocycles. The van der Waals surface area contributed by atoms with Crippen molar-refractivity contribution in [3.05, 3.63) is 40.6 Å². The van der Waals surface area contributed by atoms with Crippen molar-refractivity contribution in [1.82, 2.24) is 29.9 Å². The number of aromatic nitrogens is 4. The predicted octanol–water partition coefficient (Wildman–Crippen LogP) is 3.38. The lowest BCUT2D eigenvalue weighted by Gasteiger charge is -2.44. The van der Waals surface area contributed by atoms with E-state index in [1.165, 1.54) is 23.8 Å². The summed E-state index contributed by atoms with van der Waals surface area (Å²) in [7, 11) is 2.17. The van der Waals surface area contributed by atoms with Gasteiger partial charge < -0.3 is 29.7 Å². The van der Waals surface area contributed by atoms with E-state index in [9.17, 15) is 10.1 Å². The van der Waals surface area contributed by atoms with Crippen LogP contribution in [0.1, 0.15) is 60.9 Å². The van der Waals surface area contributed by atoms with Crippen LogP contribution in [0.2, 0.25) is 0 Å². The molecule has 3 fully saturated rings. The van der Waals surface area contributed by atoms with Crippen LogP contribution in [0.4, 0.5) is 10.8 Å². The fraction of sp³-hybridized carbons (Fsp3) is 0.548. The Hall–Kier alpha value is -4.02. The predicted molar refractivity (Wildman–Crippen MR) is 165 cm³/mol. The number of likely N-dealkylation sites (tertiary alicyclic amines) is 1. The minimum Gasteiger partial charge on any atom is -0.460 e. The van der Waals surface area contributed by atoms with Gasteiger partial charge in [-0.05, 0) is 70.5 Å². The number of nitrogens with two attached hydrogens (primary N) is 1. The quantitative estimate of drug-likeness (QED) is 0.407. The Morgan fingerprint density at radius 1 is 1.23 bits per heavy atom. The highest BCUT2D eigenvalue weighted by molar-refractivity contribution is 7.16. The van der Waals surface area contributed by atoms with Crippen molar-refractivity contribution in [2.45, 2.75) is 57.0 Å². The van der Waals surface area contributed by atoms with E-state index in [0.717, 1.165) is 55.6 Å². The van der Waals surface area contributed by atoms with Crippen LogP contribution in [0.25, 0.3) is 11.5 Å². The number of aryl methyl sites for hydroxylation is 1. The fourth-order valence-electron chi connectivity index (χ4n) is 7.52. The molecule has 1 atom stereocenters. The van der Waals surface area contributed by atoms with E-state index in [1.54, 1.807) is 4.90 Å². The summed E-state index contributed by atoms with van der Waals surface area (Å²) < 4.78 is 12.3. The summed E-state index contributed by atoms with van der Waals surface area (Å²) in [5, 5.41) is 14.8. The van der Waals surface area contributed by atoms with Crippen LogP contribution in [0.3, 0.4) is 0 Å². The number of carbonyl (C=O) groups excluding carboxylic acids is 1. The van der Waals surface area contributed by atoms with Gasteiger partial charge in [-0.3, -0.25) is 4.79 Å². The van der Waals surface area contributed by atoms with Crippen LogP contribution in [-0.4, -0.2) is 88.2 Å². The van der Waals surface area contributed by atoms with Gasteiger partial charge in [-0.25, -0.2) is 0 Å². The molecule has 1 amide bonds. The summed E-state index contributed by atoms with van der Waals surface area (Å²) in [4.78, 5) is 34.0. The molecule has 230 valence electrons. The van der Waals surface area contributed by atoms with Crippen molar-refractivity contribution >= 4 is 28.1 Å². The topological polar surface area (TPSA) is 151 Å². The van der Waals surface area contributed by atoms with Crippen LogP contribution in [0.15, 0.2) is 23.2 Å². The monoisotopic (exact) mass is 615 g/mol. The second-order valence-corrected chi connectivity index (χ2v) is 14.0. The van der Waals surface area contributed by atoms with E-state index in [1.807, 2.05) is 13.0 Å². The molecular weight excluding hydrogens is 578 g/mol. The molecule has 4 aliphatic rings. The number of nitrogen functional groups attached to an aromatic ring is 1. The van der Waals surface area contributed by atoms with Crippen molar-refractivity contribution in [2.75, 3.05) is 56.9 Å². The van der Waals surface area contributed by atoms with Gasteiger partial charge in [-0.1, -0.05) is 11.7 Å². The van der Waals surface area contributed by atoms with Crippen molar-refractivity contribution in [3.63, 3.8) is 0 Å². The molecule has 0 bridgehead atoms. The lowest BCUT2D eigenvalue weighted by atomic mass is 9.66. The van der Waals surface area contributed by atoms with E-state index in [0.29, 0.717) is 71.4 Å². The molecule has 3 aromatic heterocycles. The highest BCUT2D eigenvalue weighted by Gasteiger charge is 2.49. The molecule has 0 radical (unpaired) electrons. The number of nitriles is 1. The first-order valence-corrected chi connectivity index (χ1v) is 16.1. The van der Waals surface area contributed by atoms with Gasteiger partial charge in [-0.2, -0.15) is 20.2 Å². The molecule has 2 saturated heterocycles. The largest absolute Gasteiger partial charge is 0.460 e. The smallest absolute Gasteiger partial charge is 0.319 e. The number of amides is 1. The molecule has 2 N–H and O–H groups in total. The van der Waals surface area contributed by atoms with E-state index in [-0.39, 0.29) is 12.0 Å². The van der Waals surface area contributed by atoms with E-state index >= 15 is 0 Å². The van der Waals surface area contributed by atoms with Crippen molar-refractivity contribution in [3.8, 4) is 23.6 Å². The van der Waals surface area contributed by atoms with Crippen molar-refractivity contribution in [1.29, 1.82) is 5.26 Å². The Morgan fingerprint density at radius 3 is 2.73 bits per heavy atom. The van der Waals surface area contributed by atoms with Gasteiger partial charge in [0, 0.05) is 49.2 Å². The standard InChI is InChI=1S/C31H37N9O3S/c1-4-24(41)40-12-10-39(11-13-40)23-14-21(34-29(35-23)42-19-15-31(16-19)8-9-38(3)18-31)27-36-28(43-37-27)30(2)7-5-6-22-25(30)20(17-32)26(33)44-22/h4,14,19H,1,5-13,15-16,18,33H2,2-3H3/t19?,30-,31?/m0/s1. The van der Waals surface area contributed by atoms with Gasteiger partial charge in [0.1, 0.15) is 28.7 Å². The maximum Gasteiger partial charge on any atom is 0.319 e. The van der Waals surface area contributed by atoms with Gasteiger partial charge in [0.2, 0.25) is 17.6 Å². The normalized spacial score (nSPS) is 26.7. The maximum atomic E-state index is 12.2. The number of hydrogen-bond donors (Lipinski definition) is 1. The molecule has 12 nitrogen and oxygen atoms in total. The van der Waals surface area contributed by atoms with Crippen LogP contribution in [-0.2, 0) is 16.6 Å². The number of rotatable bonds is 6. The molecule has 0 aromatic carbocycles. The van der Waals surface area contributed by atoms with Crippen molar-refractivity contribution < 1.29 is 14.1 Å². The molecule has 7 rings (SSSR count). The first kappa shape index (κ1) is 28.7. The Bertz CT molecular complexity index is 1650. The molecular formula is C31H37N9O3S. The first-order chi connectivity index (χ1) is 21.2. The molecule has 3 aromatic rings. The molecule has 13 heteroatoms. The zero-order chi connectivity index (χ0) is 30.6. The second-order valence-electron chi connectivity index (χ2n) is 12.9. The third kappa shape index (κ3) is 4.90. The first-order valence-electron chi connectivity index (χ1n) is 15.3. The number of piperazine rings is 1. The molecule has 1 saturated carbocycles. The third-order valence-corrected chi connectivity index (χ3v) is 11.0. The summed E-state index contributed by atoms with van der Waals surface area (Å²) in [6.45, 7) is 10.2. The fourth-order valence-corrected chi connectivity index (χ4v) is 8.71. The lowest BCUT2D eigenvalue weighted by Crippen LogP contribution is -2.48. The van der Waals surface area contributed by atoms with Crippen molar-refractivity contribution in [2.24, 2.45) is 5.41 Å². The van der Waals surface area contributed by atoms with Crippen LogP contribution in [0, 0.1) is 16.7 Å². The Balaban J connectivity index is 1.19. The van der Waals surface area contributed by atoms with Gasteiger partial charge in [0.25, 0.3) is 0 Å². The number of nitrogens with zero attached hydrogens (tertiary/aromatic N) is 8. The number of ether oxygens (including phenoxy) is 1. The Morgan fingerprint density at radius 2 is 2.02 bits per heavy atom. The minimum absolute atomic E-state index is 0.0560. The number of hydrogen-bond acceptors (Lipinski definition) is 12. The van der Waals surface area contributed by atoms with Gasteiger partial charge >= 0.3 is 6.01 Å². The summed E-state index contributed by atoms with van der Waals surface area (Å²) in [6, 6.07) is 4.46. The summed E-state index contributed by atoms with van der Waals surface area (Å²) in [6.07, 6.45) is 7.15. The zero-order valence-electron chi connectivity index (χ0n) is 25.2. The molecule has 1 spiro atoms.